The highest BCUT2D eigenvalue weighted by molar-refractivity contribution is 5.87. The molecule has 0 saturated carbocycles. The summed E-state index contributed by atoms with van der Waals surface area (Å²) in [5, 5.41) is 12.2. The summed E-state index contributed by atoms with van der Waals surface area (Å²) in [6, 6.07) is 14.8. The molecule has 2 heterocycles. The quantitative estimate of drug-likeness (QED) is 0.726. The second-order valence-corrected chi connectivity index (χ2v) is 8.75. The predicted octanol–water partition coefficient (Wildman–Crippen LogP) is 2.62. The molecule has 3 aliphatic rings. The number of likely N-dealkylation sites (tertiary alicyclic amines) is 1. The molecule has 2 aliphatic heterocycles. The van der Waals surface area contributed by atoms with Crippen LogP contribution in [-0.2, 0) is 19.1 Å². The van der Waals surface area contributed by atoms with Gasteiger partial charge in [0, 0.05) is 12.5 Å². The number of fused-ring (bicyclic) bond motifs is 3. The molecule has 2 amide bonds. The van der Waals surface area contributed by atoms with Crippen molar-refractivity contribution in [2.24, 2.45) is 5.92 Å². The zero-order valence-corrected chi connectivity index (χ0v) is 18.1. The third kappa shape index (κ3) is 3.95. The van der Waals surface area contributed by atoms with E-state index in [9.17, 15) is 19.5 Å². The number of alkyl carbamates (subject to hydrolysis) is 1. The molecule has 3 atom stereocenters. The highest BCUT2D eigenvalue weighted by Gasteiger charge is 2.43. The Kier molecular flexibility index (Phi) is 5.76. The van der Waals surface area contributed by atoms with E-state index in [1.807, 2.05) is 24.3 Å². The molecule has 0 aromatic heterocycles. The molecule has 2 fully saturated rings. The SMILES string of the molecule is O=C(NC1COCC1C(=O)N1CCC[C@@H]1C(=O)O)OCC1c2ccccc2-c2ccccc21. The Hall–Kier alpha value is -3.39. The van der Waals surface area contributed by atoms with Gasteiger partial charge in [-0.25, -0.2) is 9.59 Å². The summed E-state index contributed by atoms with van der Waals surface area (Å²) in [5.74, 6) is -1.96. The first-order valence-electron chi connectivity index (χ1n) is 11.3. The average Bonchev–Trinajstić information content (AvgIpc) is 3.55. The number of carbonyl (C=O) groups excluding carboxylic acids is 2. The molecule has 1 aliphatic carbocycles. The van der Waals surface area contributed by atoms with E-state index in [4.69, 9.17) is 9.47 Å². The number of nitrogens with one attached hydrogen (secondary N) is 1. The number of benzene rings is 2. The fraction of sp³-hybridized carbons (Fsp3) is 0.400. The Morgan fingerprint density at radius 1 is 1.03 bits per heavy atom. The van der Waals surface area contributed by atoms with Crippen LogP contribution in [0.25, 0.3) is 11.1 Å². The van der Waals surface area contributed by atoms with Crippen LogP contribution in [0.15, 0.2) is 48.5 Å². The Morgan fingerprint density at radius 3 is 2.36 bits per heavy atom. The van der Waals surface area contributed by atoms with Gasteiger partial charge in [-0.1, -0.05) is 48.5 Å². The van der Waals surface area contributed by atoms with E-state index in [0.29, 0.717) is 19.4 Å². The fourth-order valence-electron chi connectivity index (χ4n) is 5.23. The molecule has 172 valence electrons. The summed E-state index contributed by atoms with van der Waals surface area (Å²) >= 11 is 0. The van der Waals surface area contributed by atoms with Crippen LogP contribution < -0.4 is 5.32 Å². The van der Waals surface area contributed by atoms with Crippen molar-refractivity contribution in [2.75, 3.05) is 26.4 Å². The number of rotatable bonds is 5. The number of hydrogen-bond acceptors (Lipinski definition) is 5. The monoisotopic (exact) mass is 450 g/mol. The van der Waals surface area contributed by atoms with Crippen molar-refractivity contribution in [3.8, 4) is 11.1 Å². The maximum absolute atomic E-state index is 13.0. The van der Waals surface area contributed by atoms with Crippen molar-refractivity contribution < 1.29 is 29.0 Å². The Labute approximate surface area is 191 Å². The van der Waals surface area contributed by atoms with E-state index in [0.717, 1.165) is 22.3 Å². The highest BCUT2D eigenvalue weighted by atomic mass is 16.5. The number of amides is 2. The van der Waals surface area contributed by atoms with Crippen molar-refractivity contribution in [3.63, 3.8) is 0 Å². The van der Waals surface area contributed by atoms with Gasteiger partial charge in [0.05, 0.1) is 25.2 Å². The number of carbonyl (C=O) groups is 3. The standard InChI is InChI=1S/C25H26N2O6/c28-23(27-11-5-10-22(27)24(29)30)20-12-32-14-21(20)26-25(31)33-13-19-17-8-3-1-6-15(17)16-7-2-4-9-18(16)19/h1-4,6-9,19-22H,5,10-14H2,(H,26,31)(H,29,30)/t20?,21?,22-/m1/s1. The van der Waals surface area contributed by atoms with Gasteiger partial charge in [-0.3, -0.25) is 4.79 Å². The molecule has 8 nitrogen and oxygen atoms in total. The van der Waals surface area contributed by atoms with E-state index < -0.39 is 30.1 Å². The van der Waals surface area contributed by atoms with E-state index in [-0.39, 0.29) is 31.6 Å². The lowest BCUT2D eigenvalue weighted by molar-refractivity contribution is -0.150. The fourth-order valence-corrected chi connectivity index (χ4v) is 5.23. The number of carboxylic acids is 1. The van der Waals surface area contributed by atoms with Crippen molar-refractivity contribution in [1.82, 2.24) is 10.2 Å². The summed E-state index contributed by atoms with van der Waals surface area (Å²) in [6.45, 7) is 0.922. The van der Waals surface area contributed by atoms with Gasteiger partial charge in [-0.05, 0) is 35.1 Å². The lowest BCUT2D eigenvalue weighted by Crippen LogP contribution is -2.50. The normalized spacial score (nSPS) is 23.8. The number of ether oxygens (including phenoxy) is 2. The van der Waals surface area contributed by atoms with Gasteiger partial charge >= 0.3 is 12.1 Å². The zero-order valence-electron chi connectivity index (χ0n) is 18.1. The average molecular weight is 450 g/mol. The van der Waals surface area contributed by atoms with Crippen molar-refractivity contribution >= 4 is 18.0 Å². The minimum absolute atomic E-state index is 0.0543. The molecule has 2 unspecified atom stereocenters. The minimum atomic E-state index is -0.999. The number of aliphatic carboxylic acids is 1. The van der Waals surface area contributed by atoms with Crippen LogP contribution in [0.2, 0.25) is 0 Å². The molecule has 8 heteroatoms. The molecule has 2 aromatic carbocycles. The van der Waals surface area contributed by atoms with Gasteiger partial charge in [0.2, 0.25) is 5.91 Å². The molecule has 0 spiro atoms. The molecule has 2 aromatic rings. The van der Waals surface area contributed by atoms with Crippen LogP contribution in [0.1, 0.15) is 29.9 Å². The van der Waals surface area contributed by atoms with E-state index in [1.54, 1.807) is 0 Å². The summed E-state index contributed by atoms with van der Waals surface area (Å²) in [4.78, 5) is 38.5. The third-order valence-electron chi connectivity index (χ3n) is 6.87. The van der Waals surface area contributed by atoms with Crippen molar-refractivity contribution in [1.29, 1.82) is 0 Å². The first kappa shape index (κ1) is 21.5. The molecule has 33 heavy (non-hydrogen) atoms. The highest BCUT2D eigenvalue weighted by Crippen LogP contribution is 2.44. The summed E-state index contributed by atoms with van der Waals surface area (Å²) < 4.78 is 11.0. The van der Waals surface area contributed by atoms with Gasteiger partial charge < -0.3 is 24.8 Å². The van der Waals surface area contributed by atoms with Crippen LogP contribution in [0.5, 0.6) is 0 Å². The topological polar surface area (TPSA) is 105 Å². The van der Waals surface area contributed by atoms with Crippen molar-refractivity contribution in [2.45, 2.75) is 30.8 Å². The zero-order chi connectivity index (χ0) is 22.9. The number of carboxylic acid groups (broad SMARTS) is 1. The maximum Gasteiger partial charge on any atom is 0.407 e. The summed E-state index contributed by atoms with van der Waals surface area (Å²) in [7, 11) is 0. The second-order valence-electron chi connectivity index (χ2n) is 8.75. The molecular formula is C25H26N2O6. The van der Waals surface area contributed by atoms with E-state index >= 15 is 0 Å². The second kappa shape index (κ2) is 8.86. The van der Waals surface area contributed by atoms with Gasteiger partial charge in [-0.15, -0.1) is 0 Å². The van der Waals surface area contributed by atoms with Crippen LogP contribution in [0, 0.1) is 5.92 Å². The van der Waals surface area contributed by atoms with Crippen LogP contribution in [0.4, 0.5) is 4.79 Å². The number of hydrogen-bond donors (Lipinski definition) is 2. The lowest BCUT2D eigenvalue weighted by Gasteiger charge is -2.27. The summed E-state index contributed by atoms with van der Waals surface area (Å²) in [6.07, 6.45) is 0.487. The maximum atomic E-state index is 13.0. The van der Waals surface area contributed by atoms with Gasteiger partial charge in [0.1, 0.15) is 12.6 Å². The van der Waals surface area contributed by atoms with Crippen LogP contribution >= 0.6 is 0 Å². The van der Waals surface area contributed by atoms with E-state index in [2.05, 4.69) is 29.6 Å². The Balaban J connectivity index is 1.23. The van der Waals surface area contributed by atoms with Crippen LogP contribution in [0.3, 0.4) is 0 Å². The first-order chi connectivity index (χ1) is 16.0. The number of nitrogens with zero attached hydrogens (tertiary/aromatic N) is 1. The molecule has 0 radical (unpaired) electrons. The largest absolute Gasteiger partial charge is 0.480 e. The first-order valence-corrected chi connectivity index (χ1v) is 11.3. The molecular weight excluding hydrogens is 424 g/mol. The smallest absolute Gasteiger partial charge is 0.407 e. The Morgan fingerprint density at radius 2 is 1.70 bits per heavy atom. The minimum Gasteiger partial charge on any atom is -0.480 e. The van der Waals surface area contributed by atoms with Gasteiger partial charge in [0.25, 0.3) is 0 Å². The molecule has 0 bridgehead atoms. The van der Waals surface area contributed by atoms with Gasteiger partial charge in [-0.2, -0.15) is 0 Å². The Bertz CT molecular complexity index is 1040. The van der Waals surface area contributed by atoms with E-state index in [1.165, 1.54) is 4.90 Å². The molecule has 2 saturated heterocycles. The lowest BCUT2D eigenvalue weighted by atomic mass is 9.98. The van der Waals surface area contributed by atoms with Gasteiger partial charge in [0.15, 0.2) is 0 Å². The predicted molar refractivity (Wildman–Crippen MR) is 119 cm³/mol. The molecule has 5 rings (SSSR count). The molecule has 2 N–H and O–H groups in total. The van der Waals surface area contributed by atoms with Crippen LogP contribution in [-0.4, -0.2) is 66.4 Å². The third-order valence-corrected chi connectivity index (χ3v) is 6.87. The summed E-state index contributed by atoms with van der Waals surface area (Å²) in [5.41, 5.74) is 4.54. The van der Waals surface area contributed by atoms with Crippen molar-refractivity contribution in [3.05, 3.63) is 59.7 Å².